The summed E-state index contributed by atoms with van der Waals surface area (Å²) < 4.78 is 0. The Hall–Kier alpha value is -0.940. The Morgan fingerprint density at radius 1 is 1.62 bits per heavy atom. The molecule has 0 aromatic rings. The maximum Gasteiger partial charge on any atom is 0.0807 e. The summed E-state index contributed by atoms with van der Waals surface area (Å²) >= 11 is 0. The first-order valence-electron chi connectivity index (χ1n) is 2.87. The third kappa shape index (κ3) is 0.368. The van der Waals surface area contributed by atoms with Crippen molar-refractivity contribution < 1.29 is 0 Å². The quantitative estimate of drug-likeness (QED) is 0.452. The zero-order chi connectivity index (χ0) is 5.40. The van der Waals surface area contributed by atoms with E-state index in [0.29, 0.717) is 0 Å². The summed E-state index contributed by atoms with van der Waals surface area (Å²) in [5, 5.41) is 3.22. The SMILES string of the molecule is C1=CC=C2CCNC=12. The van der Waals surface area contributed by atoms with Crippen molar-refractivity contribution >= 4 is 0 Å². The van der Waals surface area contributed by atoms with Crippen LogP contribution in [0.1, 0.15) is 6.42 Å². The molecule has 1 aliphatic heterocycles. The van der Waals surface area contributed by atoms with Crippen LogP contribution in [0.4, 0.5) is 0 Å². The van der Waals surface area contributed by atoms with Gasteiger partial charge in [0, 0.05) is 6.54 Å². The molecule has 1 saturated heterocycles. The molecule has 40 valence electrons. The van der Waals surface area contributed by atoms with Gasteiger partial charge in [0.1, 0.15) is 0 Å². The normalized spacial score (nSPS) is 22.0. The molecule has 1 heteroatoms. The summed E-state index contributed by atoms with van der Waals surface area (Å²) in [6.07, 6.45) is 5.27. The van der Waals surface area contributed by atoms with E-state index < -0.39 is 0 Å². The number of rotatable bonds is 0. The molecule has 0 saturated carbocycles. The van der Waals surface area contributed by atoms with Gasteiger partial charge in [-0.05, 0) is 24.1 Å². The molecule has 0 aromatic heterocycles. The van der Waals surface area contributed by atoms with Crippen molar-refractivity contribution in [3.05, 3.63) is 29.2 Å². The van der Waals surface area contributed by atoms with Gasteiger partial charge in [0.25, 0.3) is 0 Å². The Balaban J connectivity index is 2.49. The van der Waals surface area contributed by atoms with Gasteiger partial charge >= 0.3 is 0 Å². The molecule has 0 unspecified atom stereocenters. The summed E-state index contributed by atoms with van der Waals surface area (Å²) in [6, 6.07) is 0. The van der Waals surface area contributed by atoms with Crippen molar-refractivity contribution in [3.8, 4) is 0 Å². The van der Waals surface area contributed by atoms with E-state index in [4.69, 9.17) is 0 Å². The van der Waals surface area contributed by atoms with Gasteiger partial charge in [0.05, 0.1) is 5.70 Å². The summed E-state index contributed by atoms with van der Waals surface area (Å²) in [7, 11) is 0. The average Bonchev–Trinajstić information content (AvgIpc) is 2.15. The van der Waals surface area contributed by atoms with Crippen LogP contribution >= 0.6 is 0 Å². The summed E-state index contributed by atoms with van der Waals surface area (Å²) in [5.41, 5.74) is 5.74. The maximum atomic E-state index is 3.22. The summed E-state index contributed by atoms with van der Waals surface area (Å²) in [5.74, 6) is 0. The minimum absolute atomic E-state index is 1.10. The third-order valence-corrected chi connectivity index (χ3v) is 1.53. The molecule has 1 heterocycles. The third-order valence-electron chi connectivity index (χ3n) is 1.53. The fourth-order valence-electron chi connectivity index (χ4n) is 1.10. The standard InChI is InChI=1S/C7H7N/c1-2-6-4-5-8-7(6)3-1/h1-2,8H,4-5H2. The van der Waals surface area contributed by atoms with E-state index in [9.17, 15) is 0 Å². The van der Waals surface area contributed by atoms with E-state index in [-0.39, 0.29) is 0 Å². The molecule has 0 radical (unpaired) electrons. The Morgan fingerprint density at radius 3 is 3.50 bits per heavy atom. The van der Waals surface area contributed by atoms with E-state index in [1.165, 1.54) is 17.7 Å². The highest BCUT2D eigenvalue weighted by molar-refractivity contribution is 5.40. The molecule has 0 bridgehead atoms. The van der Waals surface area contributed by atoms with Crippen LogP contribution in [0.15, 0.2) is 29.2 Å². The lowest BCUT2D eigenvalue weighted by Gasteiger charge is -1.88. The second kappa shape index (κ2) is 1.27. The van der Waals surface area contributed by atoms with Crippen molar-refractivity contribution in [2.75, 3.05) is 6.54 Å². The molecule has 2 aliphatic rings. The number of nitrogens with one attached hydrogen (secondary N) is 1. The van der Waals surface area contributed by atoms with E-state index in [2.05, 4.69) is 17.1 Å². The molecule has 0 atom stereocenters. The second-order valence-corrected chi connectivity index (χ2v) is 2.05. The predicted molar refractivity (Wildman–Crippen MR) is 32.3 cm³/mol. The van der Waals surface area contributed by atoms with Crippen molar-refractivity contribution in [1.29, 1.82) is 0 Å². The number of hydrogen-bond donors (Lipinski definition) is 1. The highest BCUT2D eigenvalue weighted by Crippen LogP contribution is 2.19. The Kier molecular flexibility index (Phi) is 0.633. The van der Waals surface area contributed by atoms with Crippen molar-refractivity contribution in [1.82, 2.24) is 5.32 Å². The highest BCUT2D eigenvalue weighted by atomic mass is 14.9. The van der Waals surface area contributed by atoms with Crippen molar-refractivity contribution in [2.24, 2.45) is 0 Å². The number of hydrogen-bond acceptors (Lipinski definition) is 1. The van der Waals surface area contributed by atoms with Crippen LogP contribution in [-0.4, -0.2) is 6.54 Å². The van der Waals surface area contributed by atoms with E-state index in [0.717, 1.165) is 6.54 Å². The van der Waals surface area contributed by atoms with Gasteiger partial charge in [-0.25, -0.2) is 0 Å². The van der Waals surface area contributed by atoms with Crippen LogP contribution in [0.25, 0.3) is 0 Å². The smallest absolute Gasteiger partial charge is 0.0807 e. The van der Waals surface area contributed by atoms with Crippen molar-refractivity contribution in [2.45, 2.75) is 6.42 Å². The van der Waals surface area contributed by atoms with Gasteiger partial charge in [0.15, 0.2) is 0 Å². The lowest BCUT2D eigenvalue weighted by atomic mass is 10.2. The second-order valence-electron chi connectivity index (χ2n) is 2.05. The van der Waals surface area contributed by atoms with Gasteiger partial charge in [-0.2, -0.15) is 0 Å². The van der Waals surface area contributed by atoms with Gasteiger partial charge in [-0.3, -0.25) is 0 Å². The predicted octanol–water partition coefficient (Wildman–Crippen LogP) is 0.959. The molecule has 1 aliphatic carbocycles. The molecule has 1 N–H and O–H groups in total. The molecule has 0 amide bonds. The first-order valence-corrected chi connectivity index (χ1v) is 2.87. The van der Waals surface area contributed by atoms with Gasteiger partial charge in [-0.15, -0.1) is 0 Å². The van der Waals surface area contributed by atoms with E-state index in [1.54, 1.807) is 0 Å². The minimum atomic E-state index is 1.10. The zero-order valence-electron chi connectivity index (χ0n) is 4.57. The van der Waals surface area contributed by atoms with Crippen LogP contribution in [0, 0.1) is 0 Å². The van der Waals surface area contributed by atoms with Gasteiger partial charge in [0.2, 0.25) is 0 Å². The van der Waals surface area contributed by atoms with Gasteiger partial charge in [-0.1, -0.05) is 5.73 Å². The monoisotopic (exact) mass is 105 g/mol. The molecule has 1 fully saturated rings. The highest BCUT2D eigenvalue weighted by Gasteiger charge is 2.12. The summed E-state index contributed by atoms with van der Waals surface area (Å²) in [4.78, 5) is 0. The molecule has 8 heavy (non-hydrogen) atoms. The Bertz CT molecular complexity index is 204. The lowest BCUT2D eigenvalue weighted by molar-refractivity contribution is 0.915. The number of allylic oxidation sites excluding steroid dienone is 2. The Labute approximate surface area is 48.4 Å². The molecule has 0 aromatic carbocycles. The first-order chi connectivity index (χ1) is 3.97. The van der Waals surface area contributed by atoms with E-state index in [1.807, 2.05) is 6.08 Å². The lowest BCUT2D eigenvalue weighted by Crippen LogP contribution is -2.01. The molecular formula is C7H7N. The first kappa shape index (κ1) is 3.99. The largest absolute Gasteiger partial charge is 0.378 e. The van der Waals surface area contributed by atoms with Crippen LogP contribution in [0.2, 0.25) is 0 Å². The minimum Gasteiger partial charge on any atom is -0.378 e. The van der Waals surface area contributed by atoms with Gasteiger partial charge < -0.3 is 5.32 Å². The average molecular weight is 105 g/mol. The fourth-order valence-corrected chi connectivity index (χ4v) is 1.10. The topological polar surface area (TPSA) is 12.0 Å². The fraction of sp³-hybridized carbons (Fsp3) is 0.286. The molecule has 0 spiro atoms. The van der Waals surface area contributed by atoms with Crippen LogP contribution in [-0.2, 0) is 0 Å². The summed E-state index contributed by atoms with van der Waals surface area (Å²) in [6.45, 7) is 1.10. The molecule has 1 nitrogen and oxygen atoms in total. The number of fused-ring (bicyclic) bond motifs is 1. The Morgan fingerprint density at radius 2 is 2.62 bits per heavy atom. The molecular weight excluding hydrogens is 98.1 g/mol. The molecule has 2 rings (SSSR count). The van der Waals surface area contributed by atoms with Crippen LogP contribution in [0.5, 0.6) is 0 Å². The maximum absolute atomic E-state index is 3.22. The van der Waals surface area contributed by atoms with Crippen LogP contribution < -0.4 is 5.32 Å². The zero-order valence-corrected chi connectivity index (χ0v) is 4.57. The van der Waals surface area contributed by atoms with Crippen LogP contribution in [0.3, 0.4) is 0 Å². The van der Waals surface area contributed by atoms with Crippen molar-refractivity contribution in [3.63, 3.8) is 0 Å². The van der Waals surface area contributed by atoms with E-state index >= 15 is 0 Å².